The third-order valence-electron chi connectivity index (χ3n) is 18.1. The van der Waals surface area contributed by atoms with Crippen molar-refractivity contribution in [2.75, 3.05) is 47.5 Å². The lowest BCUT2D eigenvalue weighted by Gasteiger charge is -2.24. The number of carbonyl (C=O) groups excluding carboxylic acids is 2. The van der Waals surface area contributed by atoms with Crippen LogP contribution in [0, 0.1) is 0 Å². The largest absolute Gasteiger partial charge is 0.472 e. The van der Waals surface area contributed by atoms with Gasteiger partial charge in [0.05, 0.1) is 27.7 Å². The van der Waals surface area contributed by atoms with Gasteiger partial charge in [-0.2, -0.15) is 0 Å². The Balaban J connectivity index is 3.98. The lowest BCUT2D eigenvalue weighted by molar-refractivity contribution is -0.870. The van der Waals surface area contributed by atoms with Gasteiger partial charge in [0.15, 0.2) is 6.10 Å². The predicted molar refractivity (Wildman–Crippen MR) is 422 cm³/mol. The number of allylic oxidation sites excluding steroid dienone is 18. The number of unbranched alkanes of at least 4 members (excludes halogenated alkanes) is 44. The summed E-state index contributed by atoms with van der Waals surface area (Å²) < 4.78 is 34.8. The van der Waals surface area contributed by atoms with E-state index in [0.717, 1.165) is 103 Å². The summed E-state index contributed by atoms with van der Waals surface area (Å²) in [5.41, 5.74) is 0. The predicted octanol–water partition coefficient (Wildman–Crippen LogP) is 27.6. The Morgan fingerprint density at radius 3 is 0.876 bits per heavy atom. The number of phosphoric acid groups is 1. The van der Waals surface area contributed by atoms with Crippen molar-refractivity contribution in [2.24, 2.45) is 0 Å². The molecule has 0 saturated heterocycles. The fraction of sp³-hybridized carbons (Fsp3) is 0.770. The molecule has 0 amide bonds. The van der Waals surface area contributed by atoms with Gasteiger partial charge in [-0.3, -0.25) is 18.6 Å². The number of hydrogen-bond donors (Lipinski definition) is 1. The van der Waals surface area contributed by atoms with Gasteiger partial charge in [-0.1, -0.05) is 393 Å². The van der Waals surface area contributed by atoms with Gasteiger partial charge in [0, 0.05) is 12.8 Å². The van der Waals surface area contributed by atoms with Gasteiger partial charge in [-0.15, -0.1) is 0 Å². The maximum Gasteiger partial charge on any atom is 0.472 e. The molecule has 2 unspecified atom stereocenters. The second-order valence-corrected chi connectivity index (χ2v) is 30.2. The molecule has 1 N–H and O–H groups in total. The number of hydrogen-bond acceptors (Lipinski definition) is 7. The summed E-state index contributed by atoms with van der Waals surface area (Å²) in [7, 11) is 1.48. The molecule has 0 radical (unpaired) electrons. The summed E-state index contributed by atoms with van der Waals surface area (Å²) in [5.74, 6) is -0.788. The van der Waals surface area contributed by atoms with E-state index in [1.165, 1.54) is 244 Å². The van der Waals surface area contributed by atoms with E-state index >= 15 is 0 Å². The van der Waals surface area contributed by atoms with Crippen molar-refractivity contribution < 1.29 is 42.1 Å². The number of ether oxygens (including phenoxy) is 2. The van der Waals surface area contributed by atoms with Crippen molar-refractivity contribution in [2.45, 2.75) is 386 Å². The number of nitrogens with zero attached hydrogens (tertiary/aromatic N) is 1. The quantitative estimate of drug-likeness (QED) is 0.0211. The van der Waals surface area contributed by atoms with E-state index in [9.17, 15) is 19.0 Å². The molecule has 0 saturated carbocycles. The highest BCUT2D eigenvalue weighted by atomic mass is 31.2. The van der Waals surface area contributed by atoms with Crippen LogP contribution in [0.15, 0.2) is 109 Å². The molecule has 0 aromatic heterocycles. The first-order valence-electron chi connectivity index (χ1n) is 41.1. The van der Waals surface area contributed by atoms with Crippen molar-refractivity contribution in [3.63, 3.8) is 0 Å². The second-order valence-electron chi connectivity index (χ2n) is 28.8. The molecule has 0 bridgehead atoms. The minimum Gasteiger partial charge on any atom is -0.462 e. The molecular weight excluding hydrogens is 1220 g/mol. The zero-order valence-electron chi connectivity index (χ0n) is 64.3. The van der Waals surface area contributed by atoms with Crippen LogP contribution in [0.2, 0.25) is 0 Å². The van der Waals surface area contributed by atoms with Crippen LogP contribution in [-0.2, 0) is 32.7 Å². The third-order valence-corrected chi connectivity index (χ3v) is 19.1. The molecule has 2 atom stereocenters. The molecule has 0 aliphatic rings. The van der Waals surface area contributed by atoms with E-state index in [-0.39, 0.29) is 32.0 Å². The molecule has 0 aromatic rings. The molecule has 0 fully saturated rings. The Morgan fingerprint density at radius 2 is 0.588 bits per heavy atom. The first-order valence-corrected chi connectivity index (χ1v) is 42.6. The number of rotatable bonds is 76. The Hall–Kier alpha value is -3.33. The standard InChI is InChI=1S/C87H156NO8P/c1-6-8-10-12-14-16-18-20-22-24-26-28-30-32-34-36-38-40-42-43-44-45-46-48-50-52-54-56-58-60-62-64-66-68-70-72-74-76-78-80-87(90)96-85(84-95-97(91,92)94-82-81-88(3,4)5)83-93-86(89)79-77-75-73-71-69-67-65-63-61-59-57-55-53-51-49-47-41-39-37-35-33-31-29-27-25-23-21-19-17-15-13-11-9-7-2/h8,10,14,16,20,22,26,28,32,34,38,40,43-44,46,48,52,54,85H,6-7,9,11-13,15,17-19,21,23-25,27,29-31,33,35-37,39,41-42,45,47,49-51,53,55-84H2,1-5H3/p+1/b10-8-,16-14-,22-20-,28-26-,34-32-,40-38-,44-43-,48-46-,54-52-. The molecule has 0 rings (SSSR count). The molecule has 0 aliphatic carbocycles. The molecule has 97 heavy (non-hydrogen) atoms. The van der Waals surface area contributed by atoms with Gasteiger partial charge in [0.25, 0.3) is 0 Å². The lowest BCUT2D eigenvalue weighted by Crippen LogP contribution is -2.37. The van der Waals surface area contributed by atoms with Crippen molar-refractivity contribution in [3.05, 3.63) is 109 Å². The molecular formula is C87H157NO8P+. The normalized spacial score (nSPS) is 13.6. The highest BCUT2D eigenvalue weighted by Gasteiger charge is 2.27. The zero-order valence-corrected chi connectivity index (χ0v) is 65.2. The molecule has 0 aromatic carbocycles. The first kappa shape index (κ1) is 93.7. The fourth-order valence-electron chi connectivity index (χ4n) is 11.8. The molecule has 0 spiro atoms. The SMILES string of the molecule is CC/C=C\C/C=C\C/C=C\C/C=C\C/C=C\C/C=C\C/C=C\C/C=C\C/C=C\CCCCCCCCCCCCCC(=O)OC(COC(=O)CCCCCCCCCCCCCCCCCCCCCCCCCCCCCCCCCCCC)COP(=O)(O)OCC[N+](C)(C)C. The number of likely N-dealkylation sites (N-methyl/N-ethyl adjacent to an activating group) is 1. The molecule has 562 valence electrons. The average molecular weight is 1380 g/mol. The minimum absolute atomic E-state index is 0.0290. The summed E-state index contributed by atoms with van der Waals surface area (Å²) in [5, 5.41) is 0. The minimum atomic E-state index is -4.40. The van der Waals surface area contributed by atoms with Crippen LogP contribution in [0.1, 0.15) is 380 Å². The molecule has 10 heteroatoms. The summed E-state index contributed by atoms with van der Waals surface area (Å²) in [6, 6.07) is 0. The van der Waals surface area contributed by atoms with Crippen LogP contribution in [0.25, 0.3) is 0 Å². The zero-order chi connectivity index (χ0) is 70.4. The topological polar surface area (TPSA) is 108 Å². The van der Waals surface area contributed by atoms with E-state index < -0.39 is 26.5 Å². The highest BCUT2D eigenvalue weighted by Crippen LogP contribution is 2.43. The van der Waals surface area contributed by atoms with E-state index in [2.05, 4.69) is 123 Å². The van der Waals surface area contributed by atoms with E-state index in [1.807, 2.05) is 21.1 Å². The van der Waals surface area contributed by atoms with Crippen LogP contribution in [-0.4, -0.2) is 74.9 Å². The summed E-state index contributed by atoms with van der Waals surface area (Å²) >= 11 is 0. The van der Waals surface area contributed by atoms with Crippen molar-refractivity contribution in [3.8, 4) is 0 Å². The first-order chi connectivity index (χ1) is 47.5. The van der Waals surface area contributed by atoms with Gasteiger partial charge in [-0.25, -0.2) is 4.57 Å². The van der Waals surface area contributed by atoms with Crippen molar-refractivity contribution in [1.29, 1.82) is 0 Å². The summed E-state index contributed by atoms with van der Waals surface area (Å²) in [4.78, 5) is 36.0. The Morgan fingerprint density at radius 1 is 0.330 bits per heavy atom. The van der Waals surface area contributed by atoms with Crippen LogP contribution in [0.4, 0.5) is 0 Å². The fourth-order valence-corrected chi connectivity index (χ4v) is 12.6. The van der Waals surface area contributed by atoms with Crippen molar-refractivity contribution in [1.82, 2.24) is 0 Å². The highest BCUT2D eigenvalue weighted by molar-refractivity contribution is 7.47. The van der Waals surface area contributed by atoms with E-state index in [1.54, 1.807) is 0 Å². The maximum atomic E-state index is 12.9. The monoisotopic (exact) mass is 1380 g/mol. The Kier molecular flexibility index (Phi) is 74.2. The average Bonchev–Trinajstić information content (AvgIpc) is 1.69. The van der Waals surface area contributed by atoms with Gasteiger partial charge in [0.2, 0.25) is 0 Å². The maximum absolute atomic E-state index is 12.9. The molecule has 0 heterocycles. The van der Waals surface area contributed by atoms with Gasteiger partial charge < -0.3 is 18.9 Å². The van der Waals surface area contributed by atoms with Crippen LogP contribution in [0.3, 0.4) is 0 Å². The number of quaternary nitrogens is 1. The van der Waals surface area contributed by atoms with Crippen molar-refractivity contribution >= 4 is 19.8 Å². The van der Waals surface area contributed by atoms with E-state index in [0.29, 0.717) is 17.4 Å². The Bertz CT molecular complexity index is 2010. The Labute approximate surface area is 601 Å². The van der Waals surface area contributed by atoms with Gasteiger partial charge in [-0.05, 0) is 83.5 Å². The molecule has 0 aliphatic heterocycles. The van der Waals surface area contributed by atoms with Crippen LogP contribution in [0.5, 0.6) is 0 Å². The number of phosphoric ester groups is 1. The summed E-state index contributed by atoms with van der Waals surface area (Å²) in [6.45, 7) is 4.37. The van der Waals surface area contributed by atoms with Crippen LogP contribution < -0.4 is 0 Å². The number of carbonyl (C=O) groups is 2. The van der Waals surface area contributed by atoms with Crippen LogP contribution >= 0.6 is 7.82 Å². The third kappa shape index (κ3) is 81.5. The van der Waals surface area contributed by atoms with E-state index in [4.69, 9.17) is 18.5 Å². The van der Waals surface area contributed by atoms with Gasteiger partial charge >= 0.3 is 19.8 Å². The molecule has 9 nitrogen and oxygen atoms in total. The summed E-state index contributed by atoms with van der Waals surface area (Å²) in [6.07, 6.45) is 110. The second kappa shape index (κ2) is 76.8. The van der Waals surface area contributed by atoms with Gasteiger partial charge in [0.1, 0.15) is 19.8 Å². The lowest BCUT2D eigenvalue weighted by atomic mass is 10.0. The number of esters is 2. The smallest absolute Gasteiger partial charge is 0.462 e.